The van der Waals surface area contributed by atoms with Gasteiger partial charge in [0, 0.05) is 16.6 Å². The molecule has 0 radical (unpaired) electrons. The lowest BCUT2D eigenvalue weighted by molar-refractivity contribution is 0.296. The molecule has 0 bridgehead atoms. The molecule has 1 unspecified atom stereocenters. The van der Waals surface area contributed by atoms with Gasteiger partial charge < -0.3 is 10.5 Å². The normalized spacial score (nSPS) is 12.2. The van der Waals surface area contributed by atoms with Crippen LogP contribution in [0.25, 0.3) is 0 Å². The number of rotatable bonds is 5. The van der Waals surface area contributed by atoms with Crippen LogP contribution in [-0.4, -0.2) is 6.04 Å². The van der Waals surface area contributed by atoms with Crippen molar-refractivity contribution >= 4 is 11.6 Å². The second kappa shape index (κ2) is 6.92. The topological polar surface area (TPSA) is 35.2 Å². The molecule has 0 spiro atoms. The molecule has 0 fully saturated rings. The molecule has 0 aliphatic heterocycles. The Kier molecular flexibility index (Phi) is 5.21. The van der Waals surface area contributed by atoms with Crippen molar-refractivity contribution in [2.75, 3.05) is 0 Å². The summed E-state index contributed by atoms with van der Waals surface area (Å²) in [5, 5.41) is 0.379. The highest BCUT2D eigenvalue weighted by Crippen LogP contribution is 2.23. The van der Waals surface area contributed by atoms with Gasteiger partial charge in [-0.15, -0.1) is 0 Å². The molecule has 0 aliphatic carbocycles. The van der Waals surface area contributed by atoms with E-state index < -0.39 is 0 Å². The largest absolute Gasteiger partial charge is 0.489 e. The molecule has 1 atom stereocenters. The van der Waals surface area contributed by atoms with E-state index in [-0.39, 0.29) is 18.5 Å². The fraction of sp³-hybridized carbons (Fsp3) is 0.294. The molecule has 2 rings (SSSR count). The van der Waals surface area contributed by atoms with Crippen molar-refractivity contribution in [3.63, 3.8) is 0 Å². The second-order valence-electron chi connectivity index (χ2n) is 5.32. The van der Waals surface area contributed by atoms with Crippen molar-refractivity contribution in [1.82, 2.24) is 0 Å². The Balaban J connectivity index is 2.15. The molecule has 2 aromatic carbocycles. The zero-order valence-electron chi connectivity index (χ0n) is 12.2. The Bertz CT molecular complexity index is 628. The zero-order chi connectivity index (χ0) is 15.4. The Morgan fingerprint density at radius 1 is 1.19 bits per heavy atom. The van der Waals surface area contributed by atoms with Crippen molar-refractivity contribution < 1.29 is 9.13 Å². The summed E-state index contributed by atoms with van der Waals surface area (Å²) < 4.78 is 19.5. The lowest BCUT2D eigenvalue weighted by Gasteiger charge is -2.14. The van der Waals surface area contributed by atoms with Crippen LogP contribution < -0.4 is 10.5 Å². The van der Waals surface area contributed by atoms with Crippen LogP contribution >= 0.6 is 11.6 Å². The van der Waals surface area contributed by atoms with E-state index in [1.807, 2.05) is 26.0 Å². The molecule has 0 amide bonds. The molecule has 0 heterocycles. The van der Waals surface area contributed by atoms with Crippen molar-refractivity contribution in [2.24, 2.45) is 5.73 Å². The van der Waals surface area contributed by atoms with Gasteiger partial charge in [0.25, 0.3) is 0 Å². The Labute approximate surface area is 129 Å². The molecule has 0 saturated heterocycles. The van der Waals surface area contributed by atoms with Gasteiger partial charge in [0.15, 0.2) is 0 Å². The summed E-state index contributed by atoms with van der Waals surface area (Å²) in [7, 11) is 0. The van der Waals surface area contributed by atoms with Crippen LogP contribution in [-0.2, 0) is 13.0 Å². The minimum atomic E-state index is -0.358. The number of ether oxygens (including phenoxy) is 1. The quantitative estimate of drug-likeness (QED) is 0.896. The van der Waals surface area contributed by atoms with Gasteiger partial charge in [-0.2, -0.15) is 0 Å². The van der Waals surface area contributed by atoms with E-state index in [9.17, 15) is 4.39 Å². The predicted molar refractivity (Wildman–Crippen MR) is 84.3 cm³/mol. The highest BCUT2D eigenvalue weighted by molar-refractivity contribution is 6.30. The summed E-state index contributed by atoms with van der Waals surface area (Å²) in [6, 6.07) is 10.5. The predicted octanol–water partition coefficient (Wildman–Crippen LogP) is 4.26. The molecular formula is C17H19ClFNO. The maximum Gasteiger partial charge on any atom is 0.131 e. The van der Waals surface area contributed by atoms with E-state index in [4.69, 9.17) is 22.1 Å². The minimum Gasteiger partial charge on any atom is -0.489 e. The smallest absolute Gasteiger partial charge is 0.131 e. The van der Waals surface area contributed by atoms with E-state index in [1.165, 1.54) is 6.07 Å². The van der Waals surface area contributed by atoms with Crippen LogP contribution in [0.5, 0.6) is 5.75 Å². The molecule has 112 valence electrons. The van der Waals surface area contributed by atoms with Crippen molar-refractivity contribution in [1.29, 1.82) is 0 Å². The van der Waals surface area contributed by atoms with Gasteiger partial charge in [0.1, 0.15) is 18.2 Å². The highest BCUT2D eigenvalue weighted by atomic mass is 35.5. The first kappa shape index (κ1) is 15.8. The molecule has 2 nitrogen and oxygen atoms in total. The van der Waals surface area contributed by atoms with Gasteiger partial charge in [0.2, 0.25) is 0 Å². The monoisotopic (exact) mass is 307 g/mol. The van der Waals surface area contributed by atoms with E-state index in [2.05, 4.69) is 6.07 Å². The molecule has 0 aliphatic rings. The van der Waals surface area contributed by atoms with Crippen LogP contribution in [0.3, 0.4) is 0 Å². The van der Waals surface area contributed by atoms with Crippen LogP contribution in [0.2, 0.25) is 5.02 Å². The van der Waals surface area contributed by atoms with E-state index >= 15 is 0 Å². The number of nitrogens with two attached hydrogens (primary N) is 1. The second-order valence-corrected chi connectivity index (χ2v) is 5.75. The third-order valence-electron chi connectivity index (χ3n) is 3.16. The first-order valence-electron chi connectivity index (χ1n) is 6.87. The maximum absolute atomic E-state index is 13.7. The zero-order valence-corrected chi connectivity index (χ0v) is 13.0. The van der Waals surface area contributed by atoms with Crippen molar-refractivity contribution in [3.05, 3.63) is 63.9 Å². The third kappa shape index (κ3) is 4.45. The average molecular weight is 308 g/mol. The van der Waals surface area contributed by atoms with Gasteiger partial charge in [-0.3, -0.25) is 0 Å². The van der Waals surface area contributed by atoms with Gasteiger partial charge in [-0.25, -0.2) is 4.39 Å². The lowest BCUT2D eigenvalue weighted by atomic mass is 10.0. The molecule has 21 heavy (non-hydrogen) atoms. The van der Waals surface area contributed by atoms with E-state index in [0.717, 1.165) is 23.3 Å². The number of benzene rings is 2. The van der Waals surface area contributed by atoms with Gasteiger partial charge in [-0.1, -0.05) is 35.4 Å². The van der Waals surface area contributed by atoms with Crippen LogP contribution in [0.4, 0.5) is 4.39 Å². The van der Waals surface area contributed by atoms with Gasteiger partial charge in [-0.05, 0) is 44.0 Å². The molecule has 0 saturated carbocycles. The summed E-state index contributed by atoms with van der Waals surface area (Å²) in [4.78, 5) is 0. The fourth-order valence-electron chi connectivity index (χ4n) is 2.15. The van der Waals surface area contributed by atoms with Crippen LogP contribution in [0, 0.1) is 12.7 Å². The maximum atomic E-state index is 13.7. The van der Waals surface area contributed by atoms with Gasteiger partial charge >= 0.3 is 0 Å². The van der Waals surface area contributed by atoms with E-state index in [1.54, 1.807) is 12.1 Å². The minimum absolute atomic E-state index is 0.0430. The number of halogens is 2. The first-order valence-corrected chi connectivity index (χ1v) is 7.25. The fourth-order valence-corrected chi connectivity index (χ4v) is 2.31. The summed E-state index contributed by atoms with van der Waals surface area (Å²) in [6.45, 7) is 4.14. The Morgan fingerprint density at radius 3 is 2.62 bits per heavy atom. The highest BCUT2D eigenvalue weighted by Gasteiger charge is 2.09. The summed E-state index contributed by atoms with van der Waals surface area (Å²) in [5.41, 5.74) is 8.53. The Hall–Kier alpha value is -1.58. The molecule has 4 heteroatoms. The van der Waals surface area contributed by atoms with E-state index in [0.29, 0.717) is 10.6 Å². The molecule has 2 N–H and O–H groups in total. The third-order valence-corrected chi connectivity index (χ3v) is 3.39. The number of aryl methyl sites for hydroxylation is 1. The summed E-state index contributed by atoms with van der Waals surface area (Å²) >= 11 is 5.74. The van der Waals surface area contributed by atoms with Crippen LogP contribution in [0.1, 0.15) is 23.6 Å². The Morgan fingerprint density at radius 2 is 1.95 bits per heavy atom. The van der Waals surface area contributed by atoms with Gasteiger partial charge in [0.05, 0.1) is 0 Å². The average Bonchev–Trinajstić information content (AvgIpc) is 2.39. The molecule has 0 aromatic heterocycles. The molecule has 2 aromatic rings. The SMILES string of the molecule is Cc1ccc(OCc2ccc(Cl)cc2F)c(CC(C)N)c1. The number of hydrogen-bond acceptors (Lipinski definition) is 2. The van der Waals surface area contributed by atoms with Crippen LogP contribution in [0.15, 0.2) is 36.4 Å². The van der Waals surface area contributed by atoms with Crippen molar-refractivity contribution in [3.8, 4) is 5.75 Å². The number of hydrogen-bond donors (Lipinski definition) is 1. The standard InChI is InChI=1S/C17H19ClFNO/c1-11-3-6-17(14(7-11)8-12(2)20)21-10-13-4-5-15(18)9-16(13)19/h3-7,9,12H,8,10,20H2,1-2H3. The first-order chi connectivity index (χ1) is 9.95. The molecular weight excluding hydrogens is 289 g/mol. The summed E-state index contributed by atoms with van der Waals surface area (Å²) in [5.74, 6) is 0.385. The lowest BCUT2D eigenvalue weighted by Crippen LogP contribution is -2.18. The van der Waals surface area contributed by atoms with Crippen molar-refractivity contribution in [2.45, 2.75) is 32.9 Å². The summed E-state index contributed by atoms with van der Waals surface area (Å²) in [6.07, 6.45) is 0.722.